The van der Waals surface area contributed by atoms with Crippen molar-refractivity contribution in [1.29, 1.82) is 0 Å². The van der Waals surface area contributed by atoms with Crippen LogP contribution in [0.5, 0.6) is 0 Å². The molecule has 0 aromatic carbocycles. The summed E-state index contributed by atoms with van der Waals surface area (Å²) in [5.41, 5.74) is 0. The molecule has 0 saturated carbocycles. The highest BCUT2D eigenvalue weighted by Gasteiger charge is 2.32. The Bertz CT molecular complexity index is 317. The van der Waals surface area contributed by atoms with Crippen molar-refractivity contribution >= 4 is 7.60 Å². The summed E-state index contributed by atoms with van der Waals surface area (Å²) in [5, 5.41) is 10.1. The summed E-state index contributed by atoms with van der Waals surface area (Å²) in [6.45, 7) is 12.5. The lowest BCUT2D eigenvalue weighted by atomic mass is 10.3. The fourth-order valence-corrected chi connectivity index (χ4v) is 2.85. The third kappa shape index (κ3) is 9.92. The maximum Gasteiger partial charge on any atom is 0.386 e. The van der Waals surface area contributed by atoms with E-state index in [2.05, 4.69) is 22.9 Å². The Balaban J connectivity index is 4.54. The highest BCUT2D eigenvalue weighted by Crippen LogP contribution is 2.49. The lowest BCUT2D eigenvalue weighted by Crippen LogP contribution is -2.34. The normalized spacial score (nSPS) is 13.3. The molecule has 0 aliphatic carbocycles. The molecule has 0 fully saturated rings. The number of hydrogen-bond donors (Lipinski definition) is 1. The maximum atomic E-state index is 12.3. The zero-order chi connectivity index (χ0) is 16.1. The molecule has 0 bridgehead atoms. The van der Waals surface area contributed by atoms with Gasteiger partial charge in [0, 0.05) is 19.6 Å². The summed E-state index contributed by atoms with van der Waals surface area (Å²) >= 11 is 0. The van der Waals surface area contributed by atoms with Gasteiger partial charge >= 0.3 is 7.60 Å². The number of aliphatic hydroxyl groups excluding tert-OH is 1. The number of hydrogen-bond acceptors (Lipinski definition) is 7. The standard InChI is InChI=1S/C13H26NO6P/c1-5-9-14(10-6-2)11-13(15)12-21(16,19-17-7-3)20-18-8-4/h5-6,13,15H,1-2,7-12H2,3-4H3. The highest BCUT2D eigenvalue weighted by atomic mass is 31.2. The van der Waals surface area contributed by atoms with Crippen LogP contribution in [0.4, 0.5) is 0 Å². The molecule has 0 aromatic heterocycles. The van der Waals surface area contributed by atoms with Crippen LogP contribution in [0.15, 0.2) is 25.3 Å². The first-order valence-electron chi connectivity index (χ1n) is 6.85. The van der Waals surface area contributed by atoms with E-state index in [1.54, 1.807) is 26.0 Å². The van der Waals surface area contributed by atoms with Crippen LogP contribution in [-0.4, -0.2) is 55.1 Å². The molecule has 7 nitrogen and oxygen atoms in total. The first kappa shape index (κ1) is 20.5. The molecule has 0 aliphatic rings. The summed E-state index contributed by atoms with van der Waals surface area (Å²) in [6.07, 6.45) is 2.25. The lowest BCUT2D eigenvalue weighted by Gasteiger charge is -2.24. The molecule has 0 amide bonds. The molecule has 8 heteroatoms. The van der Waals surface area contributed by atoms with Gasteiger partial charge in [0.15, 0.2) is 0 Å². The second-order valence-corrected chi connectivity index (χ2v) is 6.09. The van der Waals surface area contributed by atoms with E-state index >= 15 is 0 Å². The van der Waals surface area contributed by atoms with Gasteiger partial charge in [0.25, 0.3) is 0 Å². The summed E-state index contributed by atoms with van der Waals surface area (Å²) in [6, 6.07) is 0. The second kappa shape index (κ2) is 12.1. The van der Waals surface area contributed by atoms with E-state index < -0.39 is 13.7 Å². The monoisotopic (exact) mass is 323 g/mol. The molecule has 0 radical (unpaired) electrons. The Hall–Kier alpha value is -0.530. The van der Waals surface area contributed by atoms with Crippen molar-refractivity contribution in [2.24, 2.45) is 0 Å². The number of nitrogens with zero attached hydrogens (tertiary/aromatic N) is 1. The fourth-order valence-electron chi connectivity index (χ4n) is 1.54. The predicted octanol–water partition coefficient (Wildman–Crippen LogP) is 2.15. The van der Waals surface area contributed by atoms with E-state index in [0.29, 0.717) is 13.1 Å². The minimum Gasteiger partial charge on any atom is -0.391 e. The largest absolute Gasteiger partial charge is 0.391 e. The molecule has 1 unspecified atom stereocenters. The third-order valence-corrected chi connectivity index (χ3v) is 3.78. The third-order valence-electron chi connectivity index (χ3n) is 2.25. The van der Waals surface area contributed by atoms with E-state index in [9.17, 15) is 9.67 Å². The van der Waals surface area contributed by atoms with Crippen molar-refractivity contribution in [2.45, 2.75) is 20.0 Å². The van der Waals surface area contributed by atoms with Crippen LogP contribution in [-0.2, 0) is 23.7 Å². The summed E-state index contributed by atoms with van der Waals surface area (Å²) in [4.78, 5) is 11.2. The Morgan fingerprint density at radius 2 is 1.62 bits per heavy atom. The smallest absolute Gasteiger partial charge is 0.386 e. The molecular formula is C13H26NO6P. The molecule has 21 heavy (non-hydrogen) atoms. The van der Waals surface area contributed by atoms with Gasteiger partial charge in [-0.05, 0) is 13.8 Å². The molecule has 0 aromatic rings. The number of aliphatic hydroxyl groups is 1. The predicted molar refractivity (Wildman–Crippen MR) is 80.7 cm³/mol. The average molecular weight is 323 g/mol. The van der Waals surface area contributed by atoms with E-state index in [1.807, 2.05) is 4.90 Å². The molecule has 0 rings (SSSR count). The molecule has 0 spiro atoms. The lowest BCUT2D eigenvalue weighted by molar-refractivity contribution is -0.263. The van der Waals surface area contributed by atoms with Gasteiger partial charge in [-0.3, -0.25) is 9.46 Å². The first-order chi connectivity index (χ1) is 10.0. The Morgan fingerprint density at radius 1 is 1.14 bits per heavy atom. The molecule has 0 saturated heterocycles. The molecule has 1 atom stereocenters. The van der Waals surface area contributed by atoms with Gasteiger partial charge in [-0.1, -0.05) is 12.2 Å². The Kier molecular flexibility index (Phi) is 11.8. The van der Waals surface area contributed by atoms with Crippen LogP contribution in [0, 0.1) is 0 Å². The topological polar surface area (TPSA) is 77.5 Å². The van der Waals surface area contributed by atoms with E-state index in [-0.39, 0.29) is 25.9 Å². The number of rotatable bonds is 14. The maximum absolute atomic E-state index is 12.3. The molecule has 0 aliphatic heterocycles. The highest BCUT2D eigenvalue weighted by molar-refractivity contribution is 7.53. The van der Waals surface area contributed by atoms with Gasteiger partial charge in [0.05, 0.1) is 25.5 Å². The SMILES string of the molecule is C=CCN(CC=C)CC(O)CP(=O)(OOCC)OOCC. The molecule has 124 valence electrons. The van der Waals surface area contributed by atoms with Crippen LogP contribution in [0.25, 0.3) is 0 Å². The summed E-state index contributed by atoms with van der Waals surface area (Å²) in [7, 11) is -3.68. The van der Waals surface area contributed by atoms with Crippen LogP contribution in [0.1, 0.15) is 13.8 Å². The fraction of sp³-hybridized carbons (Fsp3) is 0.692. The average Bonchev–Trinajstić information content (AvgIpc) is 2.43. The van der Waals surface area contributed by atoms with Crippen LogP contribution >= 0.6 is 7.60 Å². The minimum absolute atomic E-state index is 0.203. The van der Waals surface area contributed by atoms with Crippen LogP contribution in [0.3, 0.4) is 0 Å². The quantitative estimate of drug-likeness (QED) is 0.227. The van der Waals surface area contributed by atoms with Gasteiger partial charge in [-0.25, -0.2) is 9.78 Å². The van der Waals surface area contributed by atoms with Gasteiger partial charge in [0.1, 0.15) is 0 Å². The van der Waals surface area contributed by atoms with Gasteiger partial charge < -0.3 is 5.11 Å². The second-order valence-electron chi connectivity index (χ2n) is 4.21. The summed E-state index contributed by atoms with van der Waals surface area (Å²) < 4.78 is 21.8. The Labute approximate surface area is 126 Å². The molecular weight excluding hydrogens is 297 g/mol. The van der Waals surface area contributed by atoms with E-state index in [1.165, 1.54) is 0 Å². The van der Waals surface area contributed by atoms with E-state index in [0.717, 1.165) is 0 Å². The zero-order valence-electron chi connectivity index (χ0n) is 12.8. The van der Waals surface area contributed by atoms with Crippen molar-refractivity contribution < 1.29 is 28.8 Å². The van der Waals surface area contributed by atoms with E-state index in [4.69, 9.17) is 9.35 Å². The van der Waals surface area contributed by atoms with Crippen molar-refractivity contribution in [3.8, 4) is 0 Å². The van der Waals surface area contributed by atoms with Crippen LogP contribution < -0.4 is 0 Å². The Morgan fingerprint density at radius 3 is 2.00 bits per heavy atom. The van der Waals surface area contributed by atoms with Crippen molar-refractivity contribution in [3.05, 3.63) is 25.3 Å². The van der Waals surface area contributed by atoms with Crippen molar-refractivity contribution in [3.63, 3.8) is 0 Å². The van der Waals surface area contributed by atoms with Gasteiger partial charge in [-0.2, -0.15) is 0 Å². The van der Waals surface area contributed by atoms with Crippen molar-refractivity contribution in [2.75, 3.05) is 39.0 Å². The van der Waals surface area contributed by atoms with Crippen LogP contribution in [0.2, 0.25) is 0 Å². The minimum atomic E-state index is -3.68. The zero-order valence-corrected chi connectivity index (χ0v) is 13.7. The summed E-state index contributed by atoms with van der Waals surface area (Å²) in [5.74, 6) is 0. The molecule has 1 N–H and O–H groups in total. The van der Waals surface area contributed by atoms with Crippen molar-refractivity contribution in [1.82, 2.24) is 4.90 Å². The first-order valence-corrected chi connectivity index (χ1v) is 8.57. The van der Waals surface area contributed by atoms with Gasteiger partial charge in [-0.15, -0.1) is 22.5 Å². The van der Waals surface area contributed by atoms with Gasteiger partial charge in [0.2, 0.25) is 0 Å². The molecule has 0 heterocycles.